The molecular weight excluding hydrogens is 507 g/mol. The lowest BCUT2D eigenvalue weighted by Crippen LogP contribution is -2.50. The fourth-order valence-electron chi connectivity index (χ4n) is 9.15. The zero-order valence-electron chi connectivity index (χ0n) is 28.2. The van der Waals surface area contributed by atoms with Crippen LogP contribution < -0.4 is 16.4 Å². The molecule has 0 aromatic rings. The van der Waals surface area contributed by atoms with E-state index in [1.54, 1.807) is 11.8 Å². The van der Waals surface area contributed by atoms with Gasteiger partial charge in [0.25, 0.3) is 0 Å². The number of fused-ring (bicyclic) bond motifs is 3. The van der Waals surface area contributed by atoms with Gasteiger partial charge in [-0.1, -0.05) is 71.4 Å². The van der Waals surface area contributed by atoms with Crippen molar-refractivity contribution in [3.63, 3.8) is 0 Å². The molecule has 0 amide bonds. The summed E-state index contributed by atoms with van der Waals surface area (Å²) in [5, 5.41) is 6.25. The summed E-state index contributed by atoms with van der Waals surface area (Å²) < 4.78 is 9.50. The van der Waals surface area contributed by atoms with Crippen molar-refractivity contribution < 1.29 is 4.39 Å². The van der Waals surface area contributed by atoms with Crippen LogP contribution in [0.25, 0.3) is 0 Å². The Morgan fingerprint density at radius 2 is 1.76 bits per heavy atom. The van der Waals surface area contributed by atoms with Crippen LogP contribution >= 0.6 is 0 Å². The van der Waals surface area contributed by atoms with Gasteiger partial charge in [0, 0.05) is 30.8 Å². The molecule has 1 aliphatic heterocycles. The average Bonchev–Trinajstić information content (AvgIpc) is 3.54. The maximum Gasteiger partial charge on any atom is 0.0858 e. The molecule has 0 spiro atoms. The van der Waals surface area contributed by atoms with Crippen LogP contribution in [0.5, 0.6) is 0 Å². The van der Waals surface area contributed by atoms with Crippen molar-refractivity contribution in [1.82, 2.24) is 10.6 Å². The Labute approximate surface area is 254 Å². The van der Waals surface area contributed by atoms with Gasteiger partial charge < -0.3 is 16.4 Å². The molecule has 4 aliphatic rings. The minimum absolute atomic E-state index is 0.381. The molecule has 5 heteroatoms. The van der Waals surface area contributed by atoms with Gasteiger partial charge in [-0.15, -0.1) is 0 Å². The molecule has 1 saturated heterocycles. The quantitative estimate of drug-likeness (QED) is 0.254. The summed E-state index contributed by atoms with van der Waals surface area (Å²) in [5.41, 5.74) is 9.54. The van der Waals surface area contributed by atoms with E-state index in [1.807, 2.05) is 13.1 Å². The fourth-order valence-corrected chi connectivity index (χ4v) is 9.15. The standard InChI is InChI=1S/C24H40N2.C8H17N.C3H7N.CH3F/c1-6-8-18-9-10-19-21-12-11-20(17(3)26-16-25)24(21,5)15-13-22(19)23(18,4)14-7-2;1-3-4-8-6-5-7(2)9-8;1-3-4-2;1-2/h6,8,19-22H,1,7,9-16,25H2,2-5H3;7-9H,3-6H2,1-2H3;3-4H,1H2,2H3;1H3/b18-8-,26-17+;;;. The van der Waals surface area contributed by atoms with Crippen molar-refractivity contribution >= 4 is 5.71 Å². The van der Waals surface area contributed by atoms with E-state index in [0.29, 0.717) is 30.6 Å². The van der Waals surface area contributed by atoms with Gasteiger partial charge in [0.1, 0.15) is 0 Å². The molecule has 41 heavy (non-hydrogen) atoms. The molecule has 4 N–H and O–H groups in total. The molecule has 3 aliphatic carbocycles. The summed E-state index contributed by atoms with van der Waals surface area (Å²) in [6, 6.07) is 1.62. The average molecular weight is 575 g/mol. The van der Waals surface area contributed by atoms with Crippen molar-refractivity contribution in [3.05, 3.63) is 37.1 Å². The van der Waals surface area contributed by atoms with Crippen molar-refractivity contribution in [2.75, 3.05) is 20.9 Å². The van der Waals surface area contributed by atoms with E-state index in [1.165, 1.54) is 82.8 Å². The van der Waals surface area contributed by atoms with E-state index in [2.05, 4.69) is 76.4 Å². The SMILES string of the molecule is C=C/C=C1/CCC2C(CCC3(C)C(/C(C)=N/CN)CCC23)C1(C)CCC.C=CNC.CCCC1CCC(C)N1.CF. The van der Waals surface area contributed by atoms with E-state index >= 15 is 0 Å². The Hall–Kier alpha value is -1.46. The number of nitrogens with one attached hydrogen (secondary N) is 2. The highest BCUT2D eigenvalue weighted by Gasteiger charge is 2.58. The molecule has 0 radical (unpaired) electrons. The zero-order chi connectivity index (χ0) is 31.1. The van der Waals surface area contributed by atoms with Gasteiger partial charge in [-0.25, -0.2) is 0 Å². The number of rotatable bonds is 8. The number of halogens is 1. The molecule has 4 rings (SSSR count). The molecule has 4 nitrogen and oxygen atoms in total. The van der Waals surface area contributed by atoms with Crippen LogP contribution in [-0.2, 0) is 0 Å². The van der Waals surface area contributed by atoms with Gasteiger partial charge >= 0.3 is 0 Å². The van der Waals surface area contributed by atoms with E-state index in [0.717, 1.165) is 29.8 Å². The first-order valence-electron chi connectivity index (χ1n) is 16.6. The number of allylic oxidation sites excluding steroid dienone is 3. The van der Waals surface area contributed by atoms with E-state index < -0.39 is 0 Å². The van der Waals surface area contributed by atoms with E-state index in [9.17, 15) is 4.39 Å². The van der Waals surface area contributed by atoms with Crippen molar-refractivity contribution in [2.24, 2.45) is 45.2 Å². The van der Waals surface area contributed by atoms with Gasteiger partial charge in [0.15, 0.2) is 0 Å². The summed E-state index contributed by atoms with van der Waals surface area (Å²) in [6.07, 6.45) is 22.2. The Bertz CT molecular complexity index is 820. The smallest absolute Gasteiger partial charge is 0.0858 e. The monoisotopic (exact) mass is 575 g/mol. The number of nitrogens with two attached hydrogens (primary N) is 1. The van der Waals surface area contributed by atoms with Crippen molar-refractivity contribution in [2.45, 2.75) is 131 Å². The largest absolute Gasteiger partial charge is 0.394 e. The second-order valence-corrected chi connectivity index (χ2v) is 13.3. The lowest BCUT2D eigenvalue weighted by molar-refractivity contribution is -0.0408. The molecular formula is C36H67FN4. The van der Waals surface area contributed by atoms with Crippen LogP contribution in [0, 0.1) is 34.5 Å². The summed E-state index contributed by atoms with van der Waals surface area (Å²) in [7, 11) is 2.31. The predicted octanol–water partition coefficient (Wildman–Crippen LogP) is 9.00. The molecule has 0 aromatic heterocycles. The first-order valence-corrected chi connectivity index (χ1v) is 16.6. The number of aliphatic imine (C=N–C) groups is 1. The molecule has 0 aromatic carbocycles. The molecule has 8 atom stereocenters. The maximum atomic E-state index is 9.50. The number of alkyl halides is 1. The lowest BCUT2D eigenvalue weighted by atomic mass is 9.47. The highest BCUT2D eigenvalue weighted by molar-refractivity contribution is 5.85. The molecule has 4 fully saturated rings. The van der Waals surface area contributed by atoms with Crippen molar-refractivity contribution in [3.8, 4) is 0 Å². The Kier molecular flexibility index (Phi) is 17.4. The molecule has 3 saturated carbocycles. The summed E-state index contributed by atoms with van der Waals surface area (Å²) in [6.45, 7) is 22.1. The Morgan fingerprint density at radius 1 is 1.07 bits per heavy atom. The number of nitrogens with zero attached hydrogens (tertiary/aromatic N) is 1. The summed E-state index contributed by atoms with van der Waals surface area (Å²) >= 11 is 0. The highest BCUT2D eigenvalue weighted by atomic mass is 19.1. The molecule has 0 bridgehead atoms. The molecule has 8 unspecified atom stereocenters. The fraction of sp³-hybridized carbons (Fsp3) is 0.806. The zero-order valence-corrected chi connectivity index (χ0v) is 28.2. The van der Waals surface area contributed by atoms with E-state index in [4.69, 9.17) is 5.73 Å². The van der Waals surface area contributed by atoms with Crippen LogP contribution in [0.4, 0.5) is 4.39 Å². The minimum atomic E-state index is 0.381. The van der Waals surface area contributed by atoms with Crippen LogP contribution in [-0.4, -0.2) is 38.7 Å². The topological polar surface area (TPSA) is 62.4 Å². The first-order chi connectivity index (χ1) is 19.7. The van der Waals surface area contributed by atoms with Gasteiger partial charge in [-0.05, 0) is 113 Å². The van der Waals surface area contributed by atoms with Gasteiger partial charge in [0.05, 0.1) is 13.8 Å². The van der Waals surface area contributed by atoms with E-state index in [-0.39, 0.29) is 0 Å². The second kappa shape index (κ2) is 18.9. The van der Waals surface area contributed by atoms with Crippen LogP contribution in [0.3, 0.4) is 0 Å². The summed E-state index contributed by atoms with van der Waals surface area (Å²) in [4.78, 5) is 4.62. The third-order valence-corrected chi connectivity index (χ3v) is 11.0. The molecule has 238 valence electrons. The maximum absolute atomic E-state index is 9.50. The van der Waals surface area contributed by atoms with Crippen LogP contribution in [0.1, 0.15) is 119 Å². The third-order valence-electron chi connectivity index (χ3n) is 11.0. The lowest BCUT2D eigenvalue weighted by Gasteiger charge is -2.57. The number of hydrogen-bond donors (Lipinski definition) is 3. The highest BCUT2D eigenvalue weighted by Crippen LogP contribution is 2.66. The molecule has 1 heterocycles. The normalized spacial score (nSPS) is 36.7. The van der Waals surface area contributed by atoms with Gasteiger partial charge in [-0.2, -0.15) is 0 Å². The first kappa shape index (κ1) is 37.6. The van der Waals surface area contributed by atoms with Gasteiger partial charge in [0.2, 0.25) is 0 Å². The van der Waals surface area contributed by atoms with Crippen molar-refractivity contribution in [1.29, 1.82) is 0 Å². The predicted molar refractivity (Wildman–Crippen MR) is 180 cm³/mol. The summed E-state index contributed by atoms with van der Waals surface area (Å²) in [5.74, 6) is 3.27. The van der Waals surface area contributed by atoms with Crippen LogP contribution in [0.15, 0.2) is 42.1 Å². The second-order valence-electron chi connectivity index (χ2n) is 13.3. The van der Waals surface area contributed by atoms with Gasteiger partial charge in [-0.3, -0.25) is 9.38 Å². The van der Waals surface area contributed by atoms with Crippen LogP contribution in [0.2, 0.25) is 0 Å². The minimum Gasteiger partial charge on any atom is -0.394 e. The Balaban J connectivity index is 0.000000462. The Morgan fingerprint density at radius 3 is 2.27 bits per heavy atom. The number of hydrogen-bond acceptors (Lipinski definition) is 4. The third kappa shape index (κ3) is 9.51.